The largest absolute Gasteiger partial charge is 0.368 e. The van der Waals surface area contributed by atoms with Gasteiger partial charge in [0.05, 0.1) is 0 Å². The first-order valence-electron chi connectivity index (χ1n) is 9.04. The molecule has 0 bridgehead atoms. The number of piperidine rings is 1. The van der Waals surface area contributed by atoms with Crippen molar-refractivity contribution in [3.05, 3.63) is 60.3 Å². The maximum atomic E-state index is 4.26. The molecule has 23 heavy (non-hydrogen) atoms. The topological polar surface area (TPSA) is 6.48 Å². The molecule has 1 aliphatic carbocycles. The number of benzene rings is 1. The van der Waals surface area contributed by atoms with Crippen LogP contribution in [0.4, 0.5) is 0 Å². The second-order valence-corrected chi connectivity index (χ2v) is 7.14. The van der Waals surface area contributed by atoms with Crippen LogP contribution in [0.1, 0.15) is 36.8 Å². The minimum absolute atomic E-state index is 0.548. The zero-order valence-electron chi connectivity index (χ0n) is 14.5. The second-order valence-electron chi connectivity index (χ2n) is 7.14. The van der Waals surface area contributed by atoms with E-state index in [1.165, 1.54) is 43.4 Å². The molecule has 124 valence electrons. The Morgan fingerprint density at radius 1 is 1.26 bits per heavy atom. The van der Waals surface area contributed by atoms with E-state index in [1.807, 2.05) is 6.08 Å². The lowest BCUT2D eigenvalue weighted by atomic mass is 9.99. The quantitative estimate of drug-likeness (QED) is 0.732. The van der Waals surface area contributed by atoms with Crippen LogP contribution < -0.4 is 0 Å². The molecular formula is C21H30N2. The van der Waals surface area contributed by atoms with Crippen LogP contribution >= 0.6 is 0 Å². The zero-order chi connectivity index (χ0) is 16.2. The molecule has 1 saturated heterocycles. The van der Waals surface area contributed by atoms with Crippen LogP contribution in [0.2, 0.25) is 0 Å². The number of nitrogens with zero attached hydrogens (tertiary/aromatic N) is 2. The molecule has 0 amide bonds. The molecule has 0 saturated carbocycles. The third kappa shape index (κ3) is 3.69. The molecule has 1 aromatic rings. The fourth-order valence-corrected chi connectivity index (χ4v) is 4.23. The lowest BCUT2D eigenvalue weighted by molar-refractivity contribution is 0.153. The average Bonchev–Trinajstić information content (AvgIpc) is 3.00. The van der Waals surface area contributed by atoms with Gasteiger partial charge in [0.1, 0.15) is 0 Å². The summed E-state index contributed by atoms with van der Waals surface area (Å²) in [6.45, 7) is 10.6. The van der Waals surface area contributed by atoms with Gasteiger partial charge in [0.15, 0.2) is 0 Å². The summed E-state index contributed by atoms with van der Waals surface area (Å²) in [5.74, 6) is 0. The van der Waals surface area contributed by atoms with E-state index in [4.69, 9.17) is 0 Å². The van der Waals surface area contributed by atoms with E-state index in [-0.39, 0.29) is 0 Å². The molecule has 0 spiro atoms. The molecule has 0 aromatic heterocycles. The normalized spacial score (nSPS) is 21.9. The molecule has 3 rings (SSSR count). The van der Waals surface area contributed by atoms with Crippen LogP contribution in [0.15, 0.2) is 49.2 Å². The molecule has 0 radical (unpaired) electrons. The number of fused-ring (bicyclic) bond motifs is 1. The molecule has 2 nitrogen and oxygen atoms in total. The SMILES string of the molecule is C=CC(=C)N(CC[C@@H]1CCCCN1C)C1Cc2ccccc2C1. The number of hydrogen-bond donors (Lipinski definition) is 0. The summed E-state index contributed by atoms with van der Waals surface area (Å²) >= 11 is 0. The second kappa shape index (κ2) is 7.35. The smallest absolute Gasteiger partial charge is 0.0370 e. The van der Waals surface area contributed by atoms with Gasteiger partial charge in [-0.15, -0.1) is 0 Å². The first-order valence-corrected chi connectivity index (χ1v) is 9.04. The van der Waals surface area contributed by atoms with Crippen molar-refractivity contribution in [3.63, 3.8) is 0 Å². The molecule has 2 aliphatic rings. The lowest BCUT2D eigenvalue weighted by Crippen LogP contribution is -2.41. The molecular weight excluding hydrogens is 280 g/mol. The maximum Gasteiger partial charge on any atom is 0.0370 e. The van der Waals surface area contributed by atoms with E-state index < -0.39 is 0 Å². The number of hydrogen-bond acceptors (Lipinski definition) is 2. The number of rotatable bonds is 6. The fraction of sp³-hybridized carbons (Fsp3) is 0.524. The Balaban J connectivity index is 1.65. The van der Waals surface area contributed by atoms with Gasteiger partial charge in [0.2, 0.25) is 0 Å². The molecule has 1 atom stereocenters. The fourth-order valence-electron chi connectivity index (χ4n) is 4.23. The predicted molar refractivity (Wildman–Crippen MR) is 98.6 cm³/mol. The van der Waals surface area contributed by atoms with Crippen LogP contribution in [0.3, 0.4) is 0 Å². The summed E-state index contributed by atoms with van der Waals surface area (Å²) in [4.78, 5) is 5.05. The van der Waals surface area contributed by atoms with Crippen LogP contribution in [-0.2, 0) is 12.8 Å². The van der Waals surface area contributed by atoms with Crippen molar-refractivity contribution >= 4 is 0 Å². The van der Waals surface area contributed by atoms with Crippen LogP contribution in [0, 0.1) is 0 Å². The molecule has 0 N–H and O–H groups in total. The highest BCUT2D eigenvalue weighted by molar-refractivity contribution is 5.34. The minimum Gasteiger partial charge on any atom is -0.368 e. The van der Waals surface area contributed by atoms with Crippen molar-refractivity contribution in [3.8, 4) is 0 Å². The standard InChI is InChI=1S/C21H30N2/c1-4-17(2)23(14-12-20-11-7-8-13-22(20)3)21-15-18-9-5-6-10-19(18)16-21/h4-6,9-10,20-21H,1-2,7-8,11-16H2,3H3/t20-/m0/s1. The van der Waals surface area contributed by atoms with Crippen molar-refractivity contribution in [2.75, 3.05) is 20.1 Å². The molecule has 1 aromatic carbocycles. The van der Waals surface area contributed by atoms with E-state index in [9.17, 15) is 0 Å². The highest BCUT2D eigenvalue weighted by Crippen LogP contribution is 2.28. The Labute approximate surface area is 141 Å². The average molecular weight is 310 g/mol. The third-order valence-corrected chi connectivity index (χ3v) is 5.70. The Bertz CT molecular complexity index is 538. The van der Waals surface area contributed by atoms with E-state index in [2.05, 4.69) is 54.3 Å². The minimum atomic E-state index is 0.548. The molecule has 1 aliphatic heterocycles. The monoisotopic (exact) mass is 310 g/mol. The summed E-state index contributed by atoms with van der Waals surface area (Å²) < 4.78 is 0. The number of likely N-dealkylation sites (tertiary alicyclic amines) is 1. The highest BCUT2D eigenvalue weighted by atomic mass is 15.2. The third-order valence-electron chi connectivity index (χ3n) is 5.70. The van der Waals surface area contributed by atoms with Crippen molar-refractivity contribution in [1.29, 1.82) is 0 Å². The van der Waals surface area contributed by atoms with Crippen molar-refractivity contribution in [1.82, 2.24) is 9.80 Å². The molecule has 2 heteroatoms. The summed E-state index contributed by atoms with van der Waals surface area (Å²) in [7, 11) is 2.28. The molecule has 0 unspecified atom stereocenters. The van der Waals surface area contributed by atoms with Crippen molar-refractivity contribution in [2.45, 2.75) is 50.6 Å². The zero-order valence-corrected chi connectivity index (χ0v) is 14.5. The summed E-state index contributed by atoms with van der Waals surface area (Å²) in [6.07, 6.45) is 9.52. The predicted octanol–water partition coefficient (Wildman–Crippen LogP) is 4.03. The Morgan fingerprint density at radius 3 is 2.57 bits per heavy atom. The van der Waals surface area contributed by atoms with Crippen LogP contribution in [-0.4, -0.2) is 42.0 Å². The van der Waals surface area contributed by atoms with Crippen LogP contribution in [0.25, 0.3) is 0 Å². The Kier molecular flexibility index (Phi) is 5.22. The maximum absolute atomic E-state index is 4.26. The van der Waals surface area contributed by atoms with Gasteiger partial charge in [0.25, 0.3) is 0 Å². The summed E-state index contributed by atoms with van der Waals surface area (Å²) in [6, 6.07) is 10.1. The Hall–Kier alpha value is -1.54. The van der Waals surface area contributed by atoms with Gasteiger partial charge in [-0.1, -0.05) is 43.8 Å². The van der Waals surface area contributed by atoms with Crippen LogP contribution in [0.5, 0.6) is 0 Å². The van der Waals surface area contributed by atoms with Gasteiger partial charge < -0.3 is 9.80 Å². The van der Waals surface area contributed by atoms with Crippen molar-refractivity contribution < 1.29 is 0 Å². The Morgan fingerprint density at radius 2 is 1.96 bits per heavy atom. The molecule has 1 heterocycles. The van der Waals surface area contributed by atoms with Gasteiger partial charge in [-0.05, 0) is 62.9 Å². The van der Waals surface area contributed by atoms with Crippen molar-refractivity contribution in [2.24, 2.45) is 0 Å². The first kappa shape index (κ1) is 16.3. The number of allylic oxidation sites excluding steroid dienone is 1. The van der Waals surface area contributed by atoms with E-state index >= 15 is 0 Å². The van der Waals surface area contributed by atoms with Gasteiger partial charge >= 0.3 is 0 Å². The first-order chi connectivity index (χ1) is 11.2. The molecule has 1 fully saturated rings. The van der Waals surface area contributed by atoms with Gasteiger partial charge in [0, 0.05) is 24.3 Å². The van der Waals surface area contributed by atoms with E-state index in [0.29, 0.717) is 6.04 Å². The summed E-state index contributed by atoms with van der Waals surface area (Å²) in [5.41, 5.74) is 4.10. The van der Waals surface area contributed by atoms with Gasteiger partial charge in [-0.3, -0.25) is 0 Å². The summed E-state index contributed by atoms with van der Waals surface area (Å²) in [5, 5.41) is 0. The van der Waals surface area contributed by atoms with E-state index in [0.717, 1.165) is 31.1 Å². The lowest BCUT2D eigenvalue weighted by Gasteiger charge is -2.37. The van der Waals surface area contributed by atoms with Gasteiger partial charge in [-0.25, -0.2) is 0 Å². The highest BCUT2D eigenvalue weighted by Gasteiger charge is 2.28. The van der Waals surface area contributed by atoms with Gasteiger partial charge in [-0.2, -0.15) is 0 Å². The van der Waals surface area contributed by atoms with E-state index in [1.54, 1.807) is 0 Å².